The average Bonchev–Trinajstić information content (AvgIpc) is 3.24. The van der Waals surface area contributed by atoms with E-state index in [1.54, 1.807) is 7.11 Å². The summed E-state index contributed by atoms with van der Waals surface area (Å²) in [7, 11) is 1.58. The number of hydrogen-bond donors (Lipinski definition) is 1. The van der Waals surface area contributed by atoms with E-state index in [1.165, 1.54) is 0 Å². The zero-order valence-corrected chi connectivity index (χ0v) is 19.4. The zero-order valence-electron chi connectivity index (χ0n) is 19.4. The van der Waals surface area contributed by atoms with Gasteiger partial charge in [-0.05, 0) is 66.4 Å². The summed E-state index contributed by atoms with van der Waals surface area (Å²) < 4.78 is 90.6. The number of methoxy groups -OCH3 is 1. The van der Waals surface area contributed by atoms with Crippen molar-refractivity contribution in [1.29, 1.82) is 0 Å². The Morgan fingerprint density at radius 1 is 0.806 bits per heavy atom. The normalized spacial score (nSPS) is 20.4. The molecule has 1 fully saturated rings. The predicted octanol–water partition coefficient (Wildman–Crippen LogP) is 7.68. The van der Waals surface area contributed by atoms with Crippen molar-refractivity contribution in [3.05, 3.63) is 95.1 Å². The van der Waals surface area contributed by atoms with Gasteiger partial charge in [-0.2, -0.15) is 26.3 Å². The monoisotopic (exact) mass is 509 g/mol. The third-order valence-electron chi connectivity index (χ3n) is 6.33. The number of benzene rings is 3. The molecule has 3 atom stereocenters. The van der Waals surface area contributed by atoms with Crippen LogP contribution in [0.4, 0.5) is 32.0 Å². The molecule has 3 nitrogen and oxygen atoms in total. The van der Waals surface area contributed by atoms with E-state index in [0.29, 0.717) is 18.6 Å². The number of ether oxygens (including phenoxy) is 2. The van der Waals surface area contributed by atoms with Gasteiger partial charge in [-0.25, -0.2) is 0 Å². The van der Waals surface area contributed by atoms with E-state index in [0.717, 1.165) is 23.4 Å². The second-order valence-electron chi connectivity index (χ2n) is 8.76. The number of rotatable bonds is 7. The van der Waals surface area contributed by atoms with Crippen LogP contribution < -0.4 is 10.1 Å². The molecule has 4 rings (SSSR count). The largest absolute Gasteiger partial charge is 0.497 e. The summed E-state index contributed by atoms with van der Waals surface area (Å²) in [6, 6.07) is 18.5. The molecule has 0 amide bonds. The van der Waals surface area contributed by atoms with Gasteiger partial charge in [-0.1, -0.05) is 30.3 Å². The molecule has 1 saturated carbocycles. The molecule has 36 heavy (non-hydrogen) atoms. The van der Waals surface area contributed by atoms with Crippen molar-refractivity contribution in [3.8, 4) is 5.75 Å². The Morgan fingerprint density at radius 3 is 1.97 bits per heavy atom. The Morgan fingerprint density at radius 2 is 1.42 bits per heavy atom. The van der Waals surface area contributed by atoms with Crippen LogP contribution in [0.1, 0.15) is 41.0 Å². The third-order valence-corrected chi connectivity index (χ3v) is 6.33. The summed E-state index contributed by atoms with van der Waals surface area (Å²) in [5.41, 5.74) is -1.02. The average molecular weight is 509 g/mol. The van der Waals surface area contributed by atoms with Crippen molar-refractivity contribution >= 4 is 5.69 Å². The molecule has 0 saturated heterocycles. The summed E-state index contributed by atoms with van der Waals surface area (Å²) >= 11 is 0. The molecule has 1 aliphatic rings. The fourth-order valence-corrected chi connectivity index (χ4v) is 4.64. The highest BCUT2D eigenvalue weighted by Gasteiger charge is 2.39. The van der Waals surface area contributed by atoms with Gasteiger partial charge >= 0.3 is 12.4 Å². The summed E-state index contributed by atoms with van der Waals surface area (Å²) in [6.45, 7) is -0.365. The van der Waals surface area contributed by atoms with Gasteiger partial charge in [0.05, 0.1) is 30.9 Å². The third kappa shape index (κ3) is 6.13. The highest BCUT2D eigenvalue weighted by atomic mass is 19.4. The quantitative estimate of drug-likeness (QED) is 0.332. The molecule has 9 heteroatoms. The lowest BCUT2D eigenvalue weighted by molar-refractivity contribution is -0.143. The van der Waals surface area contributed by atoms with Gasteiger partial charge in [0.2, 0.25) is 0 Å². The molecule has 0 aliphatic heterocycles. The van der Waals surface area contributed by atoms with Gasteiger partial charge < -0.3 is 14.8 Å². The first-order valence-electron chi connectivity index (χ1n) is 11.4. The predicted molar refractivity (Wildman–Crippen MR) is 124 cm³/mol. The van der Waals surface area contributed by atoms with Crippen LogP contribution in [0, 0.1) is 0 Å². The van der Waals surface area contributed by atoms with Crippen molar-refractivity contribution < 1.29 is 35.8 Å². The molecule has 1 aliphatic carbocycles. The maximum absolute atomic E-state index is 13.2. The van der Waals surface area contributed by atoms with E-state index < -0.39 is 29.6 Å². The molecule has 3 aromatic carbocycles. The van der Waals surface area contributed by atoms with Crippen molar-refractivity contribution in [2.24, 2.45) is 0 Å². The first kappa shape index (κ1) is 25.9. The molecular weight excluding hydrogens is 484 g/mol. The molecule has 0 heterocycles. The van der Waals surface area contributed by atoms with Crippen molar-refractivity contribution in [2.45, 2.75) is 49.9 Å². The number of hydrogen-bond acceptors (Lipinski definition) is 3. The SMILES string of the molecule is COc1ccc(N[C@@H]2CC[C@H](OCc3cc(C(F)(F)F)cc(C(F)(F)F)c3)[C@H]2c2ccccc2)cc1. The molecule has 0 radical (unpaired) electrons. The Bertz CT molecular complexity index is 1110. The van der Waals surface area contributed by atoms with Crippen molar-refractivity contribution in [2.75, 3.05) is 12.4 Å². The standard InChI is InChI=1S/C27H25F6NO2/c1-35-22-9-7-21(8-10-22)34-23-11-12-24(25(23)18-5-3-2-4-6-18)36-16-17-13-19(26(28,29)30)15-20(14-17)27(31,32)33/h2-10,13-15,23-25,34H,11-12,16H2,1H3/t23-,24+,25+/m1/s1. The van der Waals surface area contributed by atoms with E-state index >= 15 is 0 Å². The Kier molecular flexibility index (Phi) is 7.49. The van der Waals surface area contributed by atoms with E-state index in [1.807, 2.05) is 54.6 Å². The molecule has 1 N–H and O–H groups in total. The van der Waals surface area contributed by atoms with Gasteiger partial charge in [0, 0.05) is 17.6 Å². The minimum atomic E-state index is -4.90. The van der Waals surface area contributed by atoms with Gasteiger partial charge in [-0.3, -0.25) is 0 Å². The molecule has 3 aromatic rings. The van der Waals surface area contributed by atoms with Crippen LogP contribution in [0.2, 0.25) is 0 Å². The van der Waals surface area contributed by atoms with Crippen LogP contribution in [0.15, 0.2) is 72.8 Å². The van der Waals surface area contributed by atoms with E-state index in [2.05, 4.69) is 5.32 Å². The van der Waals surface area contributed by atoms with E-state index in [9.17, 15) is 26.3 Å². The molecule has 0 spiro atoms. The van der Waals surface area contributed by atoms with Gasteiger partial charge in [-0.15, -0.1) is 0 Å². The maximum Gasteiger partial charge on any atom is 0.416 e. The number of nitrogens with one attached hydrogen (secondary N) is 1. The molecule has 0 aromatic heterocycles. The van der Waals surface area contributed by atoms with Crippen LogP contribution in [-0.4, -0.2) is 19.3 Å². The van der Waals surface area contributed by atoms with E-state index in [4.69, 9.17) is 9.47 Å². The minimum Gasteiger partial charge on any atom is -0.497 e. The van der Waals surface area contributed by atoms with Gasteiger partial charge in [0.1, 0.15) is 5.75 Å². The molecule has 0 bridgehead atoms. The summed E-state index contributed by atoms with van der Waals surface area (Å²) in [4.78, 5) is 0. The zero-order chi connectivity index (χ0) is 25.9. The van der Waals surface area contributed by atoms with Crippen LogP contribution in [0.3, 0.4) is 0 Å². The molecule has 192 valence electrons. The smallest absolute Gasteiger partial charge is 0.416 e. The molecular formula is C27H25F6NO2. The second kappa shape index (κ2) is 10.4. The Labute approximate surface area is 205 Å². The van der Waals surface area contributed by atoms with Crippen LogP contribution in [0.25, 0.3) is 0 Å². The van der Waals surface area contributed by atoms with E-state index in [-0.39, 0.29) is 30.2 Å². The topological polar surface area (TPSA) is 30.5 Å². The molecule has 0 unspecified atom stereocenters. The lowest BCUT2D eigenvalue weighted by Gasteiger charge is -2.27. The van der Waals surface area contributed by atoms with Crippen molar-refractivity contribution in [3.63, 3.8) is 0 Å². The van der Waals surface area contributed by atoms with Crippen LogP contribution in [0.5, 0.6) is 5.75 Å². The highest BCUT2D eigenvalue weighted by molar-refractivity contribution is 5.48. The van der Waals surface area contributed by atoms with Crippen LogP contribution in [-0.2, 0) is 23.7 Å². The fraction of sp³-hybridized carbons (Fsp3) is 0.333. The lowest BCUT2D eigenvalue weighted by atomic mass is 9.92. The van der Waals surface area contributed by atoms with Crippen LogP contribution >= 0.6 is 0 Å². The summed E-state index contributed by atoms with van der Waals surface area (Å²) in [5, 5.41) is 3.49. The summed E-state index contributed by atoms with van der Waals surface area (Å²) in [6.07, 6.45) is -8.88. The number of anilines is 1. The Balaban J connectivity index is 1.56. The van der Waals surface area contributed by atoms with Gasteiger partial charge in [0.25, 0.3) is 0 Å². The Hall–Kier alpha value is -3.20. The van der Waals surface area contributed by atoms with Crippen molar-refractivity contribution in [1.82, 2.24) is 0 Å². The number of halogens is 6. The lowest BCUT2D eigenvalue weighted by Crippen LogP contribution is -2.29. The second-order valence-corrected chi connectivity index (χ2v) is 8.76. The van der Waals surface area contributed by atoms with Gasteiger partial charge in [0.15, 0.2) is 0 Å². The minimum absolute atomic E-state index is 0.0435. The summed E-state index contributed by atoms with van der Waals surface area (Å²) in [5.74, 6) is 0.563. The maximum atomic E-state index is 13.2. The fourth-order valence-electron chi connectivity index (χ4n) is 4.64. The highest BCUT2D eigenvalue weighted by Crippen LogP contribution is 2.40. The number of alkyl halides is 6. The first-order chi connectivity index (χ1) is 17.0. The first-order valence-corrected chi connectivity index (χ1v) is 11.4.